The van der Waals surface area contributed by atoms with Crippen molar-refractivity contribution in [2.24, 2.45) is 0 Å². The summed E-state index contributed by atoms with van der Waals surface area (Å²) in [4.78, 5) is 23.6. The van der Waals surface area contributed by atoms with Gasteiger partial charge in [0.25, 0.3) is 5.91 Å². The Bertz CT molecular complexity index is 938. The Labute approximate surface area is 154 Å². The minimum absolute atomic E-state index is 0.0477. The Morgan fingerprint density at radius 1 is 1.23 bits per heavy atom. The molecule has 3 rings (SSSR count). The third kappa shape index (κ3) is 4.09. The van der Waals surface area contributed by atoms with Crippen molar-refractivity contribution in [3.8, 4) is 0 Å². The number of nitrogens with zero attached hydrogens (tertiary/aromatic N) is 3. The van der Waals surface area contributed by atoms with E-state index >= 15 is 0 Å². The molecule has 0 saturated carbocycles. The first-order chi connectivity index (χ1) is 12.6. The van der Waals surface area contributed by atoms with Gasteiger partial charge in [0.05, 0.1) is 17.2 Å². The molecule has 0 unspecified atom stereocenters. The van der Waals surface area contributed by atoms with Gasteiger partial charge in [0.2, 0.25) is 0 Å². The van der Waals surface area contributed by atoms with Crippen LogP contribution in [0.3, 0.4) is 0 Å². The molecule has 0 saturated heterocycles. The zero-order valence-corrected chi connectivity index (χ0v) is 14.8. The molecule has 0 spiro atoms. The topological polar surface area (TPSA) is 90.1 Å². The number of hydrogen-bond acceptors (Lipinski definition) is 5. The summed E-state index contributed by atoms with van der Waals surface area (Å²) in [6.07, 6.45) is 4.55. The van der Waals surface area contributed by atoms with Crippen LogP contribution in [0.15, 0.2) is 65.8 Å². The minimum atomic E-state index is -0.483. The van der Waals surface area contributed by atoms with Crippen molar-refractivity contribution in [3.63, 3.8) is 0 Å². The van der Waals surface area contributed by atoms with Crippen molar-refractivity contribution in [2.45, 2.75) is 11.4 Å². The zero-order valence-electron chi connectivity index (χ0n) is 14.0. The van der Waals surface area contributed by atoms with Gasteiger partial charge in [-0.2, -0.15) is 5.10 Å². The summed E-state index contributed by atoms with van der Waals surface area (Å²) < 4.78 is 1.49. The summed E-state index contributed by atoms with van der Waals surface area (Å²) in [7, 11) is 0. The van der Waals surface area contributed by atoms with Crippen molar-refractivity contribution in [1.29, 1.82) is 0 Å². The van der Waals surface area contributed by atoms with Gasteiger partial charge in [0, 0.05) is 10.5 Å². The lowest BCUT2D eigenvalue weighted by Gasteiger charge is -2.09. The van der Waals surface area contributed by atoms with Gasteiger partial charge in [-0.1, -0.05) is 24.3 Å². The summed E-state index contributed by atoms with van der Waals surface area (Å²) >= 11 is 1.57. The van der Waals surface area contributed by atoms with Gasteiger partial charge in [-0.25, -0.2) is 0 Å². The molecule has 26 heavy (non-hydrogen) atoms. The predicted molar refractivity (Wildman–Crippen MR) is 101 cm³/mol. The second-order valence-electron chi connectivity index (χ2n) is 5.50. The predicted octanol–water partition coefficient (Wildman–Crippen LogP) is 3.81. The van der Waals surface area contributed by atoms with E-state index in [1.165, 1.54) is 17.1 Å². The molecule has 0 fully saturated rings. The van der Waals surface area contributed by atoms with E-state index in [0.717, 1.165) is 16.1 Å². The number of rotatable bonds is 6. The maximum absolute atomic E-state index is 12.4. The summed E-state index contributed by atoms with van der Waals surface area (Å²) in [6.45, 7) is 0.394. The lowest BCUT2D eigenvalue weighted by molar-refractivity contribution is -0.385. The van der Waals surface area contributed by atoms with E-state index in [1.807, 2.05) is 42.7 Å². The zero-order chi connectivity index (χ0) is 18.5. The Morgan fingerprint density at radius 2 is 1.96 bits per heavy atom. The molecule has 3 aromatic rings. The molecule has 2 aromatic carbocycles. The van der Waals surface area contributed by atoms with Crippen molar-refractivity contribution >= 4 is 29.0 Å². The Balaban J connectivity index is 1.68. The average Bonchev–Trinajstić information content (AvgIpc) is 3.11. The number of nitro groups is 1. The third-order valence-electron chi connectivity index (χ3n) is 3.75. The van der Waals surface area contributed by atoms with Gasteiger partial charge in [0.15, 0.2) is 0 Å². The Kier molecular flexibility index (Phi) is 5.33. The smallest absolute Gasteiger partial charge is 0.307 e. The van der Waals surface area contributed by atoms with E-state index in [2.05, 4.69) is 10.4 Å². The van der Waals surface area contributed by atoms with Crippen molar-refractivity contribution < 1.29 is 9.72 Å². The van der Waals surface area contributed by atoms with Crippen molar-refractivity contribution in [3.05, 3.63) is 82.2 Å². The normalized spacial score (nSPS) is 10.5. The summed E-state index contributed by atoms with van der Waals surface area (Å²) in [5.74, 6) is -0.187. The van der Waals surface area contributed by atoms with Crippen LogP contribution >= 0.6 is 11.8 Å². The Hall–Kier alpha value is -3.13. The highest BCUT2D eigenvalue weighted by atomic mass is 32.2. The maximum Gasteiger partial charge on any atom is 0.307 e. The number of hydrogen-bond donors (Lipinski definition) is 1. The molecule has 1 aromatic heterocycles. The highest BCUT2D eigenvalue weighted by Crippen LogP contribution is 2.25. The number of carbonyl (C=O) groups is 1. The molecule has 0 radical (unpaired) electrons. The lowest BCUT2D eigenvalue weighted by Crippen LogP contribution is -2.12. The number of amides is 1. The third-order valence-corrected chi connectivity index (χ3v) is 4.54. The molecular formula is C18H16N4O3S. The number of benzene rings is 2. The molecular weight excluding hydrogens is 352 g/mol. The largest absolute Gasteiger partial charge is 0.321 e. The SMILES string of the molecule is CSc1ccccc1NC(=O)c1ccc(Cn2cc([N+](=O)[O-])cn2)cc1. The summed E-state index contributed by atoms with van der Waals surface area (Å²) in [5.41, 5.74) is 2.16. The number of nitrogens with one attached hydrogen (secondary N) is 1. The van der Waals surface area contributed by atoms with E-state index in [-0.39, 0.29) is 11.6 Å². The fourth-order valence-electron chi connectivity index (χ4n) is 2.42. The van der Waals surface area contributed by atoms with Gasteiger partial charge in [-0.05, 0) is 36.1 Å². The van der Waals surface area contributed by atoms with Gasteiger partial charge >= 0.3 is 5.69 Å². The van der Waals surface area contributed by atoms with E-state index < -0.39 is 4.92 Å². The quantitative estimate of drug-likeness (QED) is 0.406. The summed E-state index contributed by atoms with van der Waals surface area (Å²) in [5, 5.41) is 17.6. The second-order valence-corrected chi connectivity index (χ2v) is 6.35. The molecule has 0 aliphatic rings. The van der Waals surface area contributed by atoms with Crippen LogP contribution in [-0.4, -0.2) is 26.9 Å². The van der Waals surface area contributed by atoms with Crippen molar-refractivity contribution in [2.75, 3.05) is 11.6 Å². The van der Waals surface area contributed by atoms with Gasteiger partial charge in [-0.3, -0.25) is 19.6 Å². The lowest BCUT2D eigenvalue weighted by atomic mass is 10.1. The van der Waals surface area contributed by atoms with Gasteiger partial charge in [0.1, 0.15) is 12.4 Å². The fourth-order valence-corrected chi connectivity index (χ4v) is 2.98. The fraction of sp³-hybridized carbons (Fsp3) is 0.111. The van der Waals surface area contributed by atoms with Crippen LogP contribution in [0.5, 0.6) is 0 Å². The molecule has 7 nitrogen and oxygen atoms in total. The van der Waals surface area contributed by atoms with Crippen LogP contribution in [0.4, 0.5) is 11.4 Å². The number of carbonyl (C=O) groups excluding carboxylic acids is 1. The number of aromatic nitrogens is 2. The average molecular weight is 368 g/mol. The van der Waals surface area contributed by atoms with E-state index in [9.17, 15) is 14.9 Å². The molecule has 0 aliphatic carbocycles. The van der Waals surface area contributed by atoms with Crippen LogP contribution in [0, 0.1) is 10.1 Å². The monoisotopic (exact) mass is 368 g/mol. The second kappa shape index (κ2) is 7.83. The Morgan fingerprint density at radius 3 is 2.62 bits per heavy atom. The van der Waals surface area contributed by atoms with E-state index in [4.69, 9.17) is 0 Å². The van der Waals surface area contributed by atoms with E-state index in [0.29, 0.717) is 12.1 Å². The van der Waals surface area contributed by atoms with Crippen molar-refractivity contribution in [1.82, 2.24) is 9.78 Å². The number of thioether (sulfide) groups is 1. The highest BCUT2D eigenvalue weighted by Gasteiger charge is 2.11. The molecule has 1 heterocycles. The maximum atomic E-state index is 12.4. The molecule has 1 N–H and O–H groups in total. The van der Waals surface area contributed by atoms with Crippen LogP contribution < -0.4 is 5.32 Å². The number of anilines is 1. The molecule has 8 heteroatoms. The molecule has 0 bridgehead atoms. The first kappa shape index (κ1) is 17.7. The molecule has 1 amide bonds. The first-order valence-electron chi connectivity index (χ1n) is 7.77. The highest BCUT2D eigenvalue weighted by molar-refractivity contribution is 7.98. The first-order valence-corrected chi connectivity index (χ1v) is 8.99. The van der Waals surface area contributed by atoms with Crippen LogP contribution in [0.1, 0.15) is 15.9 Å². The van der Waals surface area contributed by atoms with Gasteiger partial charge in [-0.15, -0.1) is 11.8 Å². The summed E-state index contributed by atoms with van der Waals surface area (Å²) in [6, 6.07) is 14.7. The standard InChI is InChI=1S/C18H16N4O3S/c1-26-17-5-3-2-4-16(17)20-18(23)14-8-6-13(7-9-14)11-21-12-15(10-19-21)22(24)25/h2-10,12H,11H2,1H3,(H,20,23). The van der Waals surface area contributed by atoms with Crippen LogP contribution in [0.25, 0.3) is 0 Å². The molecule has 132 valence electrons. The molecule has 0 aliphatic heterocycles. The van der Waals surface area contributed by atoms with E-state index in [1.54, 1.807) is 23.9 Å². The van der Waals surface area contributed by atoms with Gasteiger partial charge < -0.3 is 5.32 Å². The van der Waals surface area contributed by atoms with Crippen LogP contribution in [-0.2, 0) is 6.54 Å². The van der Waals surface area contributed by atoms with Crippen LogP contribution in [0.2, 0.25) is 0 Å². The number of para-hydroxylation sites is 1. The molecule has 0 atom stereocenters. The minimum Gasteiger partial charge on any atom is -0.321 e.